The highest BCUT2D eigenvalue weighted by Crippen LogP contribution is 2.28. The lowest BCUT2D eigenvalue weighted by Gasteiger charge is -2.15. The molecule has 1 amide bonds. The monoisotopic (exact) mass is 257 g/mol. The van der Waals surface area contributed by atoms with E-state index in [1.54, 1.807) is 6.92 Å². The van der Waals surface area contributed by atoms with E-state index in [9.17, 15) is 19.3 Å². The Labute approximate surface area is 102 Å². The minimum absolute atomic E-state index is 0.183. The normalized spacial score (nSPS) is 11.7. The molecule has 0 aliphatic rings. The van der Waals surface area contributed by atoms with E-state index in [0.717, 1.165) is 18.2 Å². The van der Waals surface area contributed by atoms with Crippen molar-refractivity contribution in [1.29, 1.82) is 0 Å². The van der Waals surface area contributed by atoms with Crippen molar-refractivity contribution in [2.75, 3.05) is 0 Å². The molecule has 7 nitrogen and oxygen atoms in total. The first-order valence-electron chi connectivity index (χ1n) is 5.10. The molecule has 1 rings (SSSR count). The van der Waals surface area contributed by atoms with E-state index in [2.05, 4.69) is 0 Å². The van der Waals surface area contributed by atoms with Crippen molar-refractivity contribution in [3.8, 4) is 5.75 Å². The molecule has 0 aromatic heterocycles. The van der Waals surface area contributed by atoms with Crippen molar-refractivity contribution >= 4 is 11.6 Å². The zero-order valence-corrected chi connectivity index (χ0v) is 9.55. The highest BCUT2D eigenvalue weighted by atomic mass is 19.1. The van der Waals surface area contributed by atoms with Crippen molar-refractivity contribution in [2.24, 2.45) is 5.84 Å². The molecule has 0 saturated carbocycles. The Hall–Kier alpha value is -2.22. The molecular weight excluding hydrogens is 245 g/mol. The second-order valence-corrected chi connectivity index (χ2v) is 3.39. The molecule has 1 unspecified atom stereocenters. The summed E-state index contributed by atoms with van der Waals surface area (Å²) in [4.78, 5) is 21.2. The fourth-order valence-corrected chi connectivity index (χ4v) is 1.30. The van der Waals surface area contributed by atoms with Gasteiger partial charge in [0.05, 0.1) is 11.0 Å². The molecule has 8 heteroatoms. The van der Waals surface area contributed by atoms with Crippen LogP contribution in [0.1, 0.15) is 13.3 Å². The van der Waals surface area contributed by atoms with Crippen LogP contribution < -0.4 is 16.0 Å². The zero-order valence-electron chi connectivity index (χ0n) is 9.55. The third-order valence-corrected chi connectivity index (χ3v) is 2.19. The first kappa shape index (κ1) is 13.8. The lowest BCUT2D eigenvalue weighted by atomic mass is 10.2. The molecule has 0 spiro atoms. The van der Waals surface area contributed by atoms with Gasteiger partial charge in [-0.05, 0) is 18.6 Å². The maximum Gasteiger partial charge on any atom is 0.313 e. The molecule has 3 N–H and O–H groups in total. The third-order valence-electron chi connectivity index (χ3n) is 2.19. The predicted molar refractivity (Wildman–Crippen MR) is 60.1 cm³/mol. The smallest absolute Gasteiger partial charge is 0.313 e. The first-order valence-corrected chi connectivity index (χ1v) is 5.10. The highest BCUT2D eigenvalue weighted by Gasteiger charge is 2.23. The van der Waals surface area contributed by atoms with E-state index < -0.39 is 28.4 Å². The van der Waals surface area contributed by atoms with Crippen LogP contribution in [0.15, 0.2) is 18.2 Å². The Kier molecular flexibility index (Phi) is 4.55. The van der Waals surface area contributed by atoms with Crippen LogP contribution in [0.3, 0.4) is 0 Å². The van der Waals surface area contributed by atoms with E-state index in [0.29, 0.717) is 0 Å². The van der Waals surface area contributed by atoms with E-state index in [4.69, 9.17) is 10.6 Å². The number of nitrogens with zero attached hydrogens (tertiary/aromatic N) is 1. The first-order chi connectivity index (χ1) is 8.49. The van der Waals surface area contributed by atoms with E-state index in [1.807, 2.05) is 5.43 Å². The fraction of sp³-hybridized carbons (Fsp3) is 0.300. The van der Waals surface area contributed by atoms with Crippen LogP contribution in [0.2, 0.25) is 0 Å². The molecule has 0 radical (unpaired) electrons. The summed E-state index contributed by atoms with van der Waals surface area (Å²) >= 11 is 0. The number of carbonyl (C=O) groups is 1. The minimum Gasteiger partial charge on any atom is -0.473 e. The second-order valence-electron chi connectivity index (χ2n) is 3.39. The lowest BCUT2D eigenvalue weighted by molar-refractivity contribution is -0.386. The Balaban J connectivity index is 3.02. The number of halogens is 1. The van der Waals surface area contributed by atoms with Crippen LogP contribution in [0.5, 0.6) is 5.75 Å². The SMILES string of the molecule is CCC(Oc1ccc(F)cc1[N+](=O)[O-])C(=O)NN. The number of hydrogen-bond donors (Lipinski definition) is 2. The average Bonchev–Trinajstić information content (AvgIpc) is 2.36. The molecule has 0 aliphatic heterocycles. The van der Waals surface area contributed by atoms with Gasteiger partial charge in [-0.15, -0.1) is 0 Å². The van der Waals surface area contributed by atoms with Gasteiger partial charge >= 0.3 is 5.69 Å². The molecule has 0 aliphatic carbocycles. The van der Waals surface area contributed by atoms with Gasteiger partial charge in [-0.25, -0.2) is 10.2 Å². The van der Waals surface area contributed by atoms with Crippen molar-refractivity contribution in [1.82, 2.24) is 5.43 Å². The summed E-state index contributed by atoms with van der Waals surface area (Å²) < 4.78 is 18.1. The fourth-order valence-electron chi connectivity index (χ4n) is 1.30. The average molecular weight is 257 g/mol. The van der Waals surface area contributed by atoms with Gasteiger partial charge in [0.2, 0.25) is 0 Å². The summed E-state index contributed by atoms with van der Waals surface area (Å²) in [6.45, 7) is 1.65. The largest absolute Gasteiger partial charge is 0.473 e. The zero-order chi connectivity index (χ0) is 13.7. The van der Waals surface area contributed by atoms with Crippen molar-refractivity contribution in [3.05, 3.63) is 34.1 Å². The molecule has 0 bridgehead atoms. The molecule has 0 fully saturated rings. The molecule has 1 aromatic carbocycles. The number of rotatable bonds is 5. The van der Waals surface area contributed by atoms with Gasteiger partial charge in [0, 0.05) is 0 Å². The number of benzene rings is 1. The number of carbonyl (C=O) groups excluding carboxylic acids is 1. The lowest BCUT2D eigenvalue weighted by Crippen LogP contribution is -2.41. The predicted octanol–water partition coefficient (Wildman–Crippen LogP) is 0.881. The van der Waals surface area contributed by atoms with Gasteiger partial charge in [0.15, 0.2) is 11.9 Å². The Morgan fingerprint density at radius 2 is 2.33 bits per heavy atom. The topological polar surface area (TPSA) is 107 Å². The van der Waals surface area contributed by atoms with Crippen molar-refractivity contribution < 1.29 is 18.8 Å². The molecule has 0 heterocycles. The quantitative estimate of drug-likeness (QED) is 0.352. The third kappa shape index (κ3) is 3.14. The number of nitro benzene ring substituents is 1. The summed E-state index contributed by atoms with van der Waals surface area (Å²) in [6, 6.07) is 2.83. The second kappa shape index (κ2) is 5.92. The summed E-state index contributed by atoms with van der Waals surface area (Å²) in [7, 11) is 0. The van der Waals surface area contributed by atoms with Gasteiger partial charge < -0.3 is 4.74 Å². The molecule has 0 saturated heterocycles. The summed E-state index contributed by atoms with van der Waals surface area (Å²) in [5, 5.41) is 10.7. The van der Waals surface area contributed by atoms with Crippen molar-refractivity contribution in [3.63, 3.8) is 0 Å². The molecule has 1 atom stereocenters. The minimum atomic E-state index is -0.973. The van der Waals surface area contributed by atoms with Crippen LogP contribution in [-0.2, 0) is 4.79 Å². The number of nitro groups is 1. The van der Waals surface area contributed by atoms with Gasteiger partial charge in [0.1, 0.15) is 5.82 Å². The van der Waals surface area contributed by atoms with Gasteiger partial charge in [-0.2, -0.15) is 0 Å². The van der Waals surface area contributed by atoms with Crippen LogP contribution in [0, 0.1) is 15.9 Å². The Morgan fingerprint density at radius 3 is 2.83 bits per heavy atom. The summed E-state index contributed by atoms with van der Waals surface area (Å²) in [5.74, 6) is 3.39. The number of nitrogens with one attached hydrogen (secondary N) is 1. The number of hydrogen-bond acceptors (Lipinski definition) is 5. The summed E-state index contributed by atoms with van der Waals surface area (Å²) in [6.07, 6.45) is -0.712. The number of hydrazine groups is 1. The van der Waals surface area contributed by atoms with Gasteiger partial charge in [0.25, 0.3) is 5.91 Å². The van der Waals surface area contributed by atoms with E-state index in [1.165, 1.54) is 0 Å². The van der Waals surface area contributed by atoms with E-state index >= 15 is 0 Å². The van der Waals surface area contributed by atoms with Crippen LogP contribution >= 0.6 is 0 Å². The molecule has 1 aromatic rings. The number of ether oxygens (including phenoxy) is 1. The number of amides is 1. The van der Waals surface area contributed by atoms with E-state index in [-0.39, 0.29) is 12.2 Å². The number of nitrogens with two attached hydrogens (primary N) is 1. The van der Waals surface area contributed by atoms with Gasteiger partial charge in [-0.3, -0.25) is 20.3 Å². The van der Waals surface area contributed by atoms with Crippen LogP contribution in [0.4, 0.5) is 10.1 Å². The van der Waals surface area contributed by atoms with Gasteiger partial charge in [-0.1, -0.05) is 6.92 Å². The Bertz CT molecular complexity index is 466. The maximum atomic E-state index is 12.9. The Morgan fingerprint density at radius 1 is 1.67 bits per heavy atom. The molecular formula is C10H12FN3O4. The molecule has 18 heavy (non-hydrogen) atoms. The molecule has 98 valence electrons. The summed E-state index contributed by atoms with van der Waals surface area (Å²) in [5.41, 5.74) is 1.35. The van der Waals surface area contributed by atoms with Crippen LogP contribution in [-0.4, -0.2) is 16.9 Å². The van der Waals surface area contributed by atoms with Crippen LogP contribution in [0.25, 0.3) is 0 Å². The highest BCUT2D eigenvalue weighted by molar-refractivity contribution is 5.80. The maximum absolute atomic E-state index is 12.9. The standard InChI is InChI=1S/C10H12FN3O4/c1-2-8(10(15)13-12)18-9-4-3-6(11)5-7(9)14(16)17/h3-5,8H,2,12H2,1H3,(H,13,15). The van der Waals surface area contributed by atoms with Crippen molar-refractivity contribution in [2.45, 2.75) is 19.4 Å².